The van der Waals surface area contributed by atoms with Gasteiger partial charge in [0.05, 0.1) is 6.07 Å². The molecule has 0 saturated heterocycles. The molecule has 0 heterocycles. The van der Waals surface area contributed by atoms with E-state index in [2.05, 4.69) is 6.07 Å². The zero-order valence-corrected chi connectivity index (χ0v) is 8.81. The highest BCUT2D eigenvalue weighted by Crippen LogP contribution is 2.25. The fraction of sp³-hybridized carbons (Fsp3) is 0.900. The summed E-state index contributed by atoms with van der Waals surface area (Å²) < 4.78 is 11.5. The van der Waals surface area contributed by atoms with Crippen molar-refractivity contribution in [2.75, 3.05) is 11.5 Å². The van der Waals surface area contributed by atoms with E-state index in [1.165, 1.54) is 25.7 Å². The molecule has 1 fully saturated rings. The van der Waals surface area contributed by atoms with Gasteiger partial charge in [0.1, 0.15) is 0 Å². The maximum absolute atomic E-state index is 11.5. The number of unbranched alkanes of at least 4 members (excludes halogenated alkanes) is 1. The molecule has 3 heteroatoms. The molecule has 1 aliphatic rings. The average molecular weight is 199 g/mol. The van der Waals surface area contributed by atoms with E-state index in [9.17, 15) is 4.21 Å². The van der Waals surface area contributed by atoms with Gasteiger partial charge in [-0.15, -0.1) is 0 Å². The van der Waals surface area contributed by atoms with Crippen LogP contribution in [0.2, 0.25) is 0 Å². The van der Waals surface area contributed by atoms with E-state index in [4.69, 9.17) is 5.26 Å². The Morgan fingerprint density at radius 3 is 2.69 bits per heavy atom. The van der Waals surface area contributed by atoms with Crippen molar-refractivity contribution >= 4 is 10.8 Å². The van der Waals surface area contributed by atoms with Crippen molar-refractivity contribution in [2.45, 2.75) is 38.5 Å². The minimum atomic E-state index is -0.662. The number of nitrogens with zero attached hydrogens (tertiary/aromatic N) is 1. The standard InChI is InChI=1S/C10H17NOS/c11-7-3-4-8-13(12)9-10-5-1-2-6-10/h10H,1-6,8-9H2. The fourth-order valence-corrected chi connectivity index (χ4v) is 3.33. The van der Waals surface area contributed by atoms with Crippen LogP contribution in [0.3, 0.4) is 0 Å². The van der Waals surface area contributed by atoms with E-state index in [0.717, 1.165) is 17.9 Å². The van der Waals surface area contributed by atoms with Crippen molar-refractivity contribution in [1.29, 1.82) is 5.26 Å². The first-order valence-electron chi connectivity index (χ1n) is 5.05. The molecule has 0 N–H and O–H groups in total. The quantitative estimate of drug-likeness (QED) is 0.637. The van der Waals surface area contributed by atoms with Crippen LogP contribution in [-0.4, -0.2) is 15.7 Å². The van der Waals surface area contributed by atoms with E-state index in [1.54, 1.807) is 0 Å². The molecule has 1 atom stereocenters. The fourth-order valence-electron chi connectivity index (χ4n) is 1.84. The van der Waals surface area contributed by atoms with Gasteiger partial charge in [-0.25, -0.2) is 0 Å². The lowest BCUT2D eigenvalue weighted by Crippen LogP contribution is -2.10. The maximum Gasteiger partial charge on any atom is 0.0622 e. The zero-order chi connectivity index (χ0) is 9.52. The van der Waals surface area contributed by atoms with Crippen LogP contribution in [0.4, 0.5) is 0 Å². The first-order chi connectivity index (χ1) is 6.33. The molecular weight excluding hydrogens is 182 g/mol. The largest absolute Gasteiger partial charge is 0.260 e. The van der Waals surface area contributed by atoms with Gasteiger partial charge in [-0.3, -0.25) is 4.21 Å². The van der Waals surface area contributed by atoms with Crippen LogP contribution in [0.25, 0.3) is 0 Å². The maximum atomic E-state index is 11.5. The Morgan fingerprint density at radius 2 is 2.08 bits per heavy atom. The van der Waals surface area contributed by atoms with Crippen LogP contribution < -0.4 is 0 Å². The van der Waals surface area contributed by atoms with Gasteiger partial charge in [-0.1, -0.05) is 12.8 Å². The van der Waals surface area contributed by atoms with Crippen LogP contribution in [0.1, 0.15) is 38.5 Å². The normalized spacial score (nSPS) is 19.9. The van der Waals surface area contributed by atoms with Crippen molar-refractivity contribution in [2.24, 2.45) is 5.92 Å². The molecule has 1 rings (SSSR count). The lowest BCUT2D eigenvalue weighted by Gasteiger charge is -2.07. The summed E-state index contributed by atoms with van der Waals surface area (Å²) in [5, 5.41) is 8.31. The minimum Gasteiger partial charge on any atom is -0.260 e. The van der Waals surface area contributed by atoms with Gasteiger partial charge in [0.15, 0.2) is 0 Å². The average Bonchev–Trinajstić information content (AvgIpc) is 2.57. The van der Waals surface area contributed by atoms with E-state index in [1.807, 2.05) is 0 Å². The molecule has 0 bridgehead atoms. The third-order valence-electron chi connectivity index (χ3n) is 2.56. The molecule has 0 aliphatic heterocycles. The van der Waals surface area contributed by atoms with E-state index >= 15 is 0 Å². The summed E-state index contributed by atoms with van der Waals surface area (Å²) in [7, 11) is -0.662. The minimum absolute atomic E-state index is 0.552. The zero-order valence-electron chi connectivity index (χ0n) is 8.00. The lowest BCUT2D eigenvalue weighted by molar-refractivity contribution is 0.603. The summed E-state index contributed by atoms with van der Waals surface area (Å²) in [6.07, 6.45) is 6.53. The summed E-state index contributed by atoms with van der Waals surface area (Å²) in [5.74, 6) is 2.32. The van der Waals surface area contributed by atoms with Crippen LogP contribution in [0, 0.1) is 17.2 Å². The van der Waals surface area contributed by atoms with E-state index < -0.39 is 10.8 Å². The molecule has 0 aromatic heterocycles. The van der Waals surface area contributed by atoms with Crippen molar-refractivity contribution in [1.82, 2.24) is 0 Å². The van der Waals surface area contributed by atoms with Gasteiger partial charge in [0.25, 0.3) is 0 Å². The van der Waals surface area contributed by atoms with Crippen molar-refractivity contribution in [3.8, 4) is 6.07 Å². The van der Waals surface area contributed by atoms with Gasteiger partial charge in [0.2, 0.25) is 0 Å². The molecule has 0 spiro atoms. The summed E-state index contributed by atoms with van der Waals surface area (Å²) in [6.45, 7) is 0. The molecule has 1 unspecified atom stereocenters. The second-order valence-electron chi connectivity index (χ2n) is 3.72. The highest BCUT2D eigenvalue weighted by atomic mass is 32.2. The van der Waals surface area contributed by atoms with Crippen LogP contribution in [0.5, 0.6) is 0 Å². The van der Waals surface area contributed by atoms with Crippen molar-refractivity contribution < 1.29 is 4.21 Å². The number of nitriles is 1. The number of hydrogen-bond acceptors (Lipinski definition) is 2. The van der Waals surface area contributed by atoms with Crippen LogP contribution in [-0.2, 0) is 10.8 Å². The molecule has 0 amide bonds. The lowest BCUT2D eigenvalue weighted by atomic mass is 10.1. The molecule has 13 heavy (non-hydrogen) atoms. The van der Waals surface area contributed by atoms with Crippen molar-refractivity contribution in [3.63, 3.8) is 0 Å². The van der Waals surface area contributed by atoms with Gasteiger partial charge in [-0.2, -0.15) is 5.26 Å². The van der Waals surface area contributed by atoms with E-state index in [0.29, 0.717) is 12.3 Å². The molecule has 0 aromatic rings. The molecule has 2 nitrogen and oxygen atoms in total. The number of hydrogen-bond donors (Lipinski definition) is 0. The molecule has 74 valence electrons. The Morgan fingerprint density at radius 1 is 1.38 bits per heavy atom. The smallest absolute Gasteiger partial charge is 0.0622 e. The van der Waals surface area contributed by atoms with Crippen LogP contribution in [0.15, 0.2) is 0 Å². The first kappa shape index (κ1) is 10.7. The second kappa shape index (κ2) is 6.15. The van der Waals surface area contributed by atoms with Crippen LogP contribution >= 0.6 is 0 Å². The first-order valence-corrected chi connectivity index (χ1v) is 6.53. The third kappa shape index (κ3) is 4.42. The molecule has 0 aromatic carbocycles. The highest BCUT2D eigenvalue weighted by Gasteiger charge is 2.17. The second-order valence-corrected chi connectivity index (χ2v) is 5.34. The highest BCUT2D eigenvalue weighted by molar-refractivity contribution is 7.84. The van der Waals surface area contributed by atoms with Gasteiger partial charge in [0, 0.05) is 28.7 Å². The Labute approximate surface area is 82.8 Å². The summed E-state index contributed by atoms with van der Waals surface area (Å²) in [6, 6.07) is 2.08. The summed E-state index contributed by atoms with van der Waals surface area (Å²) in [5.41, 5.74) is 0. The SMILES string of the molecule is N#CCCCS(=O)CC1CCCC1. The summed E-state index contributed by atoms with van der Waals surface area (Å²) in [4.78, 5) is 0. The van der Waals surface area contributed by atoms with Crippen molar-refractivity contribution in [3.05, 3.63) is 0 Å². The Hall–Kier alpha value is -0.360. The summed E-state index contributed by atoms with van der Waals surface area (Å²) >= 11 is 0. The Balaban J connectivity index is 2.07. The molecule has 1 aliphatic carbocycles. The predicted octanol–water partition coefficient (Wildman–Crippen LogP) is 2.23. The van der Waals surface area contributed by atoms with Gasteiger partial charge >= 0.3 is 0 Å². The monoisotopic (exact) mass is 199 g/mol. The van der Waals surface area contributed by atoms with Gasteiger partial charge in [-0.05, 0) is 25.2 Å². The third-order valence-corrected chi connectivity index (χ3v) is 4.14. The molecular formula is C10H17NOS. The predicted molar refractivity (Wildman–Crippen MR) is 54.7 cm³/mol. The molecule has 1 saturated carbocycles. The topological polar surface area (TPSA) is 40.9 Å². The molecule has 0 radical (unpaired) electrons. The Kier molecular flexibility index (Phi) is 5.07. The van der Waals surface area contributed by atoms with E-state index in [-0.39, 0.29) is 0 Å². The number of rotatable bonds is 5. The Bertz CT molecular complexity index is 203. The van der Waals surface area contributed by atoms with Gasteiger partial charge < -0.3 is 0 Å².